The number of hydrogen-bond donors (Lipinski definition) is 3. The fraction of sp³-hybridized carbons (Fsp3) is 0.462. The summed E-state index contributed by atoms with van der Waals surface area (Å²) in [4.78, 5) is 10.8. The average molecular weight is 301 g/mol. The summed E-state index contributed by atoms with van der Waals surface area (Å²) in [5, 5.41) is 18.4. The van der Waals surface area contributed by atoms with Crippen molar-refractivity contribution in [1.82, 2.24) is 0 Å². The number of rotatable bonds is 5. The molecule has 0 saturated carbocycles. The van der Waals surface area contributed by atoms with Gasteiger partial charge < -0.3 is 10.2 Å². The SMILES string of the molecule is CC(C)(C)CCS(=O)(=O)Nc1cc(C(=O)O)ccc1O. The molecule has 0 spiro atoms. The van der Waals surface area contributed by atoms with E-state index in [4.69, 9.17) is 5.11 Å². The molecule has 0 unspecified atom stereocenters. The minimum Gasteiger partial charge on any atom is -0.506 e. The number of carbonyl (C=O) groups is 1. The molecule has 0 heterocycles. The maximum absolute atomic E-state index is 11.9. The fourth-order valence-electron chi connectivity index (χ4n) is 1.41. The van der Waals surface area contributed by atoms with Crippen molar-refractivity contribution in [3.05, 3.63) is 23.8 Å². The molecule has 112 valence electrons. The van der Waals surface area contributed by atoms with Crippen LogP contribution in [0, 0.1) is 5.41 Å². The Bertz CT molecular complexity index is 602. The van der Waals surface area contributed by atoms with Gasteiger partial charge in [0.1, 0.15) is 5.75 Å². The zero-order valence-electron chi connectivity index (χ0n) is 11.7. The first-order chi connectivity index (χ1) is 9.00. The number of carboxylic acid groups (broad SMARTS) is 1. The Balaban J connectivity index is 2.92. The number of benzene rings is 1. The zero-order chi connectivity index (χ0) is 15.6. The van der Waals surface area contributed by atoms with Crippen molar-refractivity contribution in [3.8, 4) is 5.75 Å². The molecule has 0 radical (unpaired) electrons. The smallest absolute Gasteiger partial charge is 0.335 e. The molecule has 7 heteroatoms. The number of nitrogens with one attached hydrogen (secondary N) is 1. The Morgan fingerprint density at radius 2 is 1.90 bits per heavy atom. The van der Waals surface area contributed by atoms with Crippen LogP contribution in [0.5, 0.6) is 5.75 Å². The van der Waals surface area contributed by atoms with Gasteiger partial charge in [0.05, 0.1) is 17.0 Å². The molecule has 0 fully saturated rings. The van der Waals surface area contributed by atoms with Crippen molar-refractivity contribution >= 4 is 21.7 Å². The van der Waals surface area contributed by atoms with Crippen LogP contribution in [0.15, 0.2) is 18.2 Å². The molecule has 0 aliphatic rings. The summed E-state index contributed by atoms with van der Waals surface area (Å²) in [6.07, 6.45) is 0.446. The number of carboxylic acids is 1. The van der Waals surface area contributed by atoms with Gasteiger partial charge in [0, 0.05) is 0 Å². The van der Waals surface area contributed by atoms with Crippen molar-refractivity contribution in [3.63, 3.8) is 0 Å². The Labute approximate surface area is 118 Å². The summed E-state index contributed by atoms with van der Waals surface area (Å²) >= 11 is 0. The zero-order valence-corrected chi connectivity index (χ0v) is 12.5. The van der Waals surface area contributed by atoms with E-state index in [9.17, 15) is 18.3 Å². The summed E-state index contributed by atoms with van der Waals surface area (Å²) in [5.41, 5.74) is -0.366. The minimum atomic E-state index is -3.64. The fourth-order valence-corrected chi connectivity index (χ4v) is 2.89. The first-order valence-corrected chi connectivity index (χ1v) is 7.72. The first kappa shape index (κ1) is 16.3. The molecule has 0 amide bonds. The first-order valence-electron chi connectivity index (χ1n) is 6.07. The van der Waals surface area contributed by atoms with Gasteiger partial charge in [-0.3, -0.25) is 4.72 Å². The highest BCUT2D eigenvalue weighted by Crippen LogP contribution is 2.26. The largest absolute Gasteiger partial charge is 0.506 e. The van der Waals surface area contributed by atoms with Gasteiger partial charge in [-0.2, -0.15) is 0 Å². The Kier molecular flexibility index (Phi) is 4.65. The lowest BCUT2D eigenvalue weighted by Crippen LogP contribution is -2.21. The summed E-state index contributed by atoms with van der Waals surface area (Å²) in [7, 11) is -3.64. The highest BCUT2D eigenvalue weighted by molar-refractivity contribution is 7.92. The number of anilines is 1. The van der Waals surface area contributed by atoms with Crippen LogP contribution in [0.3, 0.4) is 0 Å². The van der Waals surface area contributed by atoms with Crippen LogP contribution in [0.4, 0.5) is 5.69 Å². The topological polar surface area (TPSA) is 104 Å². The second-order valence-corrected chi connectivity index (χ2v) is 7.61. The number of aromatic carboxylic acids is 1. The number of phenolic OH excluding ortho intramolecular Hbond substituents is 1. The predicted octanol–water partition coefficient (Wildman–Crippen LogP) is 2.27. The molecule has 1 rings (SSSR count). The average Bonchev–Trinajstić information content (AvgIpc) is 2.28. The molecule has 1 aromatic rings. The number of aromatic hydroxyl groups is 1. The van der Waals surface area contributed by atoms with Crippen LogP contribution in [0.25, 0.3) is 0 Å². The highest BCUT2D eigenvalue weighted by Gasteiger charge is 2.19. The number of sulfonamides is 1. The number of hydrogen-bond acceptors (Lipinski definition) is 4. The molecule has 0 atom stereocenters. The van der Waals surface area contributed by atoms with E-state index in [1.54, 1.807) is 0 Å². The number of phenols is 1. The molecule has 3 N–H and O–H groups in total. The van der Waals surface area contributed by atoms with E-state index < -0.39 is 16.0 Å². The van der Waals surface area contributed by atoms with E-state index in [0.717, 1.165) is 12.1 Å². The van der Waals surface area contributed by atoms with Crippen LogP contribution in [0.2, 0.25) is 0 Å². The second kappa shape index (κ2) is 5.70. The Hall–Kier alpha value is -1.76. The molecule has 0 aromatic heterocycles. The molecule has 1 aromatic carbocycles. The van der Waals surface area contributed by atoms with Crippen molar-refractivity contribution in [2.45, 2.75) is 27.2 Å². The molecule has 0 saturated heterocycles. The lowest BCUT2D eigenvalue weighted by molar-refractivity contribution is 0.0697. The summed E-state index contributed by atoms with van der Waals surface area (Å²) < 4.78 is 26.0. The van der Waals surface area contributed by atoms with Crippen LogP contribution in [0.1, 0.15) is 37.6 Å². The Morgan fingerprint density at radius 1 is 1.30 bits per heavy atom. The van der Waals surface area contributed by atoms with Gasteiger partial charge in [-0.1, -0.05) is 20.8 Å². The van der Waals surface area contributed by atoms with Crippen LogP contribution >= 0.6 is 0 Å². The molecule has 6 nitrogen and oxygen atoms in total. The van der Waals surface area contributed by atoms with Gasteiger partial charge in [0.15, 0.2) is 0 Å². The molecular formula is C13H19NO5S. The van der Waals surface area contributed by atoms with E-state index in [0.29, 0.717) is 6.42 Å². The van der Waals surface area contributed by atoms with Crippen molar-refractivity contribution in [2.24, 2.45) is 5.41 Å². The third kappa shape index (κ3) is 5.08. The summed E-state index contributed by atoms with van der Waals surface area (Å²) in [6.45, 7) is 5.77. The van der Waals surface area contributed by atoms with Gasteiger partial charge in [0.25, 0.3) is 0 Å². The van der Waals surface area contributed by atoms with Gasteiger partial charge in [-0.15, -0.1) is 0 Å². The van der Waals surface area contributed by atoms with E-state index >= 15 is 0 Å². The van der Waals surface area contributed by atoms with E-state index in [1.807, 2.05) is 20.8 Å². The third-order valence-electron chi connectivity index (χ3n) is 2.63. The van der Waals surface area contributed by atoms with Crippen LogP contribution in [-0.2, 0) is 10.0 Å². The van der Waals surface area contributed by atoms with Gasteiger partial charge >= 0.3 is 5.97 Å². The normalized spacial score (nSPS) is 12.2. The second-order valence-electron chi connectivity index (χ2n) is 5.77. The minimum absolute atomic E-state index is 0.101. The summed E-state index contributed by atoms with van der Waals surface area (Å²) in [5.74, 6) is -1.61. The lowest BCUT2D eigenvalue weighted by Gasteiger charge is -2.18. The maximum atomic E-state index is 11.9. The summed E-state index contributed by atoms with van der Waals surface area (Å²) in [6, 6.07) is 3.43. The van der Waals surface area contributed by atoms with Gasteiger partial charge in [-0.25, -0.2) is 13.2 Å². The van der Waals surface area contributed by atoms with Crippen LogP contribution < -0.4 is 4.72 Å². The molecule has 0 bridgehead atoms. The maximum Gasteiger partial charge on any atom is 0.335 e. The van der Waals surface area contributed by atoms with Crippen LogP contribution in [-0.4, -0.2) is 30.4 Å². The molecule has 20 heavy (non-hydrogen) atoms. The monoisotopic (exact) mass is 301 g/mol. The van der Waals surface area contributed by atoms with E-state index in [2.05, 4.69) is 4.72 Å². The van der Waals surface area contributed by atoms with Crippen molar-refractivity contribution in [2.75, 3.05) is 10.5 Å². The standard InChI is InChI=1S/C13H19NO5S/c1-13(2,3)6-7-20(18,19)14-10-8-9(12(16)17)4-5-11(10)15/h4-5,8,14-15H,6-7H2,1-3H3,(H,16,17). The van der Waals surface area contributed by atoms with E-state index in [-0.39, 0.29) is 28.2 Å². The highest BCUT2D eigenvalue weighted by atomic mass is 32.2. The molecule has 0 aliphatic carbocycles. The molecule has 0 aliphatic heterocycles. The van der Waals surface area contributed by atoms with Gasteiger partial charge in [0.2, 0.25) is 10.0 Å². The predicted molar refractivity (Wildman–Crippen MR) is 76.5 cm³/mol. The quantitative estimate of drug-likeness (QED) is 0.724. The molecular weight excluding hydrogens is 282 g/mol. The van der Waals surface area contributed by atoms with Gasteiger partial charge in [-0.05, 0) is 30.0 Å². The van der Waals surface area contributed by atoms with Crippen molar-refractivity contribution < 1.29 is 23.4 Å². The Morgan fingerprint density at radius 3 is 2.40 bits per heavy atom. The van der Waals surface area contributed by atoms with E-state index in [1.165, 1.54) is 6.07 Å². The lowest BCUT2D eigenvalue weighted by atomic mass is 9.94. The third-order valence-corrected chi connectivity index (χ3v) is 3.90. The van der Waals surface area contributed by atoms with Crippen molar-refractivity contribution in [1.29, 1.82) is 0 Å².